The first-order valence-corrected chi connectivity index (χ1v) is 10.2. The first-order chi connectivity index (χ1) is 15.6. The van der Waals surface area contributed by atoms with Crippen molar-refractivity contribution in [1.82, 2.24) is 14.9 Å². The number of nitrogens with one attached hydrogen (secondary N) is 1. The molecule has 1 amide bonds. The summed E-state index contributed by atoms with van der Waals surface area (Å²) in [7, 11) is 1.61. The summed E-state index contributed by atoms with van der Waals surface area (Å²) in [4.78, 5) is 29.9. The predicted octanol–water partition coefficient (Wildman–Crippen LogP) is 3.51. The smallest absolute Gasteiger partial charge is 0.265 e. The molecule has 4 rings (SSSR count). The van der Waals surface area contributed by atoms with Crippen LogP contribution in [0, 0.1) is 6.92 Å². The molecule has 32 heavy (non-hydrogen) atoms. The van der Waals surface area contributed by atoms with Gasteiger partial charge in [0.05, 0.1) is 30.2 Å². The molecule has 0 atom stereocenters. The third kappa shape index (κ3) is 4.46. The Morgan fingerprint density at radius 1 is 0.969 bits per heavy atom. The third-order valence-electron chi connectivity index (χ3n) is 5.05. The SMILES string of the molecule is COc1ccc(OCCNC(=O)c2ccc(-n3c(C)nc4ccccc4c3=O)cc2)cc1. The zero-order valence-electron chi connectivity index (χ0n) is 17.9. The Labute approximate surface area is 185 Å². The summed E-state index contributed by atoms with van der Waals surface area (Å²) in [6.07, 6.45) is 0. The fourth-order valence-electron chi connectivity index (χ4n) is 3.42. The Bertz CT molecular complexity index is 1300. The Balaban J connectivity index is 1.39. The Hall–Kier alpha value is -4.13. The van der Waals surface area contributed by atoms with Crippen molar-refractivity contribution in [2.75, 3.05) is 20.3 Å². The highest BCUT2D eigenvalue weighted by atomic mass is 16.5. The molecular weight excluding hydrogens is 406 g/mol. The average Bonchev–Trinajstić information content (AvgIpc) is 2.82. The van der Waals surface area contributed by atoms with Gasteiger partial charge >= 0.3 is 0 Å². The number of aryl methyl sites for hydroxylation is 1. The van der Waals surface area contributed by atoms with E-state index in [4.69, 9.17) is 9.47 Å². The standard InChI is InChI=1S/C25H23N3O4/c1-17-27-23-6-4-3-5-22(23)25(30)28(17)19-9-7-18(8-10-19)24(29)26-15-16-32-21-13-11-20(31-2)12-14-21/h3-14H,15-16H2,1-2H3,(H,26,29). The molecule has 0 unspecified atom stereocenters. The zero-order valence-corrected chi connectivity index (χ0v) is 17.9. The van der Waals surface area contributed by atoms with Crippen molar-refractivity contribution in [2.24, 2.45) is 0 Å². The molecule has 0 saturated heterocycles. The summed E-state index contributed by atoms with van der Waals surface area (Å²) >= 11 is 0. The molecule has 0 bridgehead atoms. The van der Waals surface area contributed by atoms with E-state index in [0.717, 1.165) is 5.75 Å². The van der Waals surface area contributed by atoms with E-state index in [1.54, 1.807) is 48.9 Å². The van der Waals surface area contributed by atoms with Crippen LogP contribution < -0.4 is 20.3 Å². The Kier molecular flexibility index (Phi) is 6.17. The number of hydrogen-bond donors (Lipinski definition) is 1. The topological polar surface area (TPSA) is 82.4 Å². The summed E-state index contributed by atoms with van der Waals surface area (Å²) in [6, 6.07) is 21.4. The van der Waals surface area contributed by atoms with Crippen LogP contribution in [0.25, 0.3) is 16.6 Å². The maximum absolute atomic E-state index is 12.9. The predicted molar refractivity (Wildman–Crippen MR) is 123 cm³/mol. The fourth-order valence-corrected chi connectivity index (χ4v) is 3.42. The monoisotopic (exact) mass is 429 g/mol. The van der Waals surface area contributed by atoms with Crippen LogP contribution in [0.5, 0.6) is 11.5 Å². The van der Waals surface area contributed by atoms with E-state index >= 15 is 0 Å². The van der Waals surface area contributed by atoms with Gasteiger partial charge < -0.3 is 14.8 Å². The number of nitrogens with zero attached hydrogens (tertiary/aromatic N) is 2. The van der Waals surface area contributed by atoms with Gasteiger partial charge in [0, 0.05) is 5.56 Å². The van der Waals surface area contributed by atoms with E-state index < -0.39 is 0 Å². The molecule has 0 aliphatic rings. The Morgan fingerprint density at radius 3 is 2.38 bits per heavy atom. The molecule has 7 heteroatoms. The van der Waals surface area contributed by atoms with Crippen LogP contribution in [-0.4, -0.2) is 35.7 Å². The van der Waals surface area contributed by atoms with Crippen LogP contribution in [0.1, 0.15) is 16.2 Å². The van der Waals surface area contributed by atoms with Crippen molar-refractivity contribution in [3.63, 3.8) is 0 Å². The molecule has 162 valence electrons. The molecule has 1 heterocycles. The highest BCUT2D eigenvalue weighted by Crippen LogP contribution is 2.17. The first kappa shape index (κ1) is 21.1. The van der Waals surface area contributed by atoms with Gasteiger partial charge in [-0.1, -0.05) is 12.1 Å². The molecular formula is C25H23N3O4. The van der Waals surface area contributed by atoms with Crippen molar-refractivity contribution in [3.05, 3.63) is 94.5 Å². The van der Waals surface area contributed by atoms with Crippen LogP contribution in [0.3, 0.4) is 0 Å². The highest BCUT2D eigenvalue weighted by Gasteiger charge is 2.11. The summed E-state index contributed by atoms with van der Waals surface area (Å²) < 4.78 is 12.3. The second kappa shape index (κ2) is 9.34. The normalized spacial score (nSPS) is 10.7. The average molecular weight is 429 g/mol. The molecule has 0 aliphatic heterocycles. The van der Waals surface area contributed by atoms with Crippen LogP contribution >= 0.6 is 0 Å². The number of para-hydroxylation sites is 1. The number of fused-ring (bicyclic) bond motifs is 1. The number of aromatic nitrogens is 2. The fraction of sp³-hybridized carbons (Fsp3) is 0.160. The lowest BCUT2D eigenvalue weighted by Gasteiger charge is -2.12. The molecule has 7 nitrogen and oxygen atoms in total. The van der Waals surface area contributed by atoms with Gasteiger partial charge in [-0.2, -0.15) is 0 Å². The van der Waals surface area contributed by atoms with Crippen LogP contribution in [0.15, 0.2) is 77.6 Å². The molecule has 1 N–H and O–H groups in total. The van der Waals surface area contributed by atoms with Crippen molar-refractivity contribution >= 4 is 16.8 Å². The van der Waals surface area contributed by atoms with Crippen molar-refractivity contribution in [3.8, 4) is 17.2 Å². The minimum absolute atomic E-state index is 0.138. The van der Waals surface area contributed by atoms with Gasteiger partial charge in [-0.25, -0.2) is 4.98 Å². The molecule has 3 aromatic carbocycles. The quantitative estimate of drug-likeness (QED) is 0.455. The van der Waals surface area contributed by atoms with E-state index in [-0.39, 0.29) is 11.5 Å². The van der Waals surface area contributed by atoms with Crippen molar-refractivity contribution < 1.29 is 14.3 Å². The summed E-state index contributed by atoms with van der Waals surface area (Å²) in [6.45, 7) is 2.49. The van der Waals surface area contributed by atoms with Gasteiger partial charge in [0.2, 0.25) is 0 Å². The van der Waals surface area contributed by atoms with Gasteiger partial charge in [-0.15, -0.1) is 0 Å². The third-order valence-corrected chi connectivity index (χ3v) is 5.05. The van der Waals surface area contributed by atoms with E-state index in [0.29, 0.717) is 46.9 Å². The minimum Gasteiger partial charge on any atom is -0.497 e. The lowest BCUT2D eigenvalue weighted by Crippen LogP contribution is -2.28. The molecule has 0 saturated carbocycles. The number of carbonyl (C=O) groups excluding carboxylic acids is 1. The number of amides is 1. The van der Waals surface area contributed by atoms with E-state index in [1.165, 1.54) is 0 Å². The van der Waals surface area contributed by atoms with Gasteiger partial charge in [0.15, 0.2) is 0 Å². The Morgan fingerprint density at radius 2 is 1.66 bits per heavy atom. The van der Waals surface area contributed by atoms with Crippen molar-refractivity contribution in [1.29, 1.82) is 0 Å². The van der Waals surface area contributed by atoms with Crippen LogP contribution in [-0.2, 0) is 0 Å². The summed E-state index contributed by atoms with van der Waals surface area (Å²) in [5, 5.41) is 3.38. The number of hydrogen-bond acceptors (Lipinski definition) is 5. The minimum atomic E-state index is -0.212. The van der Waals surface area contributed by atoms with Crippen LogP contribution in [0.2, 0.25) is 0 Å². The largest absolute Gasteiger partial charge is 0.497 e. The second-order valence-corrected chi connectivity index (χ2v) is 7.14. The summed E-state index contributed by atoms with van der Waals surface area (Å²) in [5.41, 5.74) is 1.68. The maximum atomic E-state index is 12.9. The van der Waals surface area contributed by atoms with Gasteiger partial charge in [0.25, 0.3) is 11.5 Å². The van der Waals surface area contributed by atoms with Gasteiger partial charge in [0.1, 0.15) is 23.9 Å². The van der Waals surface area contributed by atoms with Crippen LogP contribution in [0.4, 0.5) is 0 Å². The lowest BCUT2D eigenvalue weighted by molar-refractivity contribution is 0.0947. The number of rotatable bonds is 7. The van der Waals surface area contributed by atoms with E-state index in [1.807, 2.05) is 42.5 Å². The molecule has 0 aliphatic carbocycles. The van der Waals surface area contributed by atoms with Gasteiger partial charge in [-0.3, -0.25) is 14.2 Å². The van der Waals surface area contributed by atoms with E-state index in [9.17, 15) is 9.59 Å². The summed E-state index contributed by atoms with van der Waals surface area (Å²) in [5.74, 6) is 1.83. The van der Waals surface area contributed by atoms with Gasteiger partial charge in [-0.05, 0) is 67.6 Å². The number of ether oxygens (including phenoxy) is 2. The first-order valence-electron chi connectivity index (χ1n) is 10.2. The number of methoxy groups -OCH3 is 1. The lowest BCUT2D eigenvalue weighted by atomic mass is 10.2. The molecule has 1 aromatic heterocycles. The highest BCUT2D eigenvalue weighted by molar-refractivity contribution is 5.94. The molecule has 0 spiro atoms. The maximum Gasteiger partial charge on any atom is 0.265 e. The molecule has 4 aromatic rings. The number of carbonyl (C=O) groups is 1. The van der Waals surface area contributed by atoms with Crippen molar-refractivity contribution in [2.45, 2.75) is 6.92 Å². The van der Waals surface area contributed by atoms with E-state index in [2.05, 4.69) is 10.3 Å². The molecule has 0 radical (unpaired) electrons. The molecule has 0 fully saturated rings. The second-order valence-electron chi connectivity index (χ2n) is 7.14. The zero-order chi connectivity index (χ0) is 22.5. The number of benzene rings is 3.